The molecular weight excluding hydrogens is 266 g/mol. The van der Waals surface area contributed by atoms with Crippen molar-refractivity contribution in [2.45, 2.75) is 0 Å². The summed E-state index contributed by atoms with van der Waals surface area (Å²) in [4.78, 5) is 12.6. The van der Waals surface area contributed by atoms with Crippen molar-refractivity contribution in [1.82, 2.24) is 0 Å². The van der Waals surface area contributed by atoms with Gasteiger partial charge >= 0.3 is 0 Å². The Morgan fingerprint density at radius 2 is 1.50 bits per heavy atom. The topological polar surface area (TPSA) is 43.1 Å². The Bertz CT molecular complexity index is 732. The number of thiophene rings is 1. The monoisotopic (exact) mass is 279 g/mol. The molecule has 3 aromatic rings. The van der Waals surface area contributed by atoms with Crippen molar-refractivity contribution in [2.75, 3.05) is 5.73 Å². The van der Waals surface area contributed by atoms with Crippen molar-refractivity contribution >= 4 is 22.1 Å². The van der Waals surface area contributed by atoms with Crippen molar-refractivity contribution in [2.24, 2.45) is 0 Å². The molecule has 0 radical (unpaired) electrons. The van der Waals surface area contributed by atoms with Gasteiger partial charge in [-0.25, -0.2) is 0 Å². The molecule has 1 aromatic heterocycles. The number of hydrogen-bond donors (Lipinski definition) is 1. The van der Waals surface area contributed by atoms with Crippen LogP contribution in [0.5, 0.6) is 0 Å². The van der Waals surface area contributed by atoms with E-state index in [1.807, 2.05) is 66.0 Å². The molecule has 3 heteroatoms. The molecule has 0 saturated heterocycles. The zero-order chi connectivity index (χ0) is 13.9. The lowest BCUT2D eigenvalue weighted by Gasteiger charge is -2.05. The predicted octanol–water partition coefficient (Wildman–Crippen LogP) is 4.23. The van der Waals surface area contributed by atoms with Crippen LogP contribution in [0.4, 0.5) is 5.00 Å². The summed E-state index contributed by atoms with van der Waals surface area (Å²) in [6.45, 7) is 0. The molecule has 0 aliphatic rings. The lowest BCUT2D eigenvalue weighted by atomic mass is 9.97. The van der Waals surface area contributed by atoms with E-state index in [1.165, 1.54) is 11.3 Å². The molecular formula is C17H13NOS. The fraction of sp³-hybridized carbons (Fsp3) is 0. The van der Waals surface area contributed by atoms with E-state index in [9.17, 15) is 4.79 Å². The van der Waals surface area contributed by atoms with Crippen LogP contribution < -0.4 is 5.73 Å². The number of rotatable bonds is 3. The molecule has 98 valence electrons. The summed E-state index contributed by atoms with van der Waals surface area (Å²) in [5.41, 5.74) is 9.20. The maximum atomic E-state index is 12.6. The number of carbonyl (C=O) groups is 1. The van der Waals surface area contributed by atoms with E-state index < -0.39 is 0 Å². The molecule has 0 aliphatic carbocycles. The van der Waals surface area contributed by atoms with Gasteiger partial charge in [-0.1, -0.05) is 60.7 Å². The number of nitrogen functional groups attached to an aromatic ring is 1. The lowest BCUT2D eigenvalue weighted by Crippen LogP contribution is -2.04. The number of carbonyl (C=O) groups excluding carboxylic acids is 1. The van der Waals surface area contributed by atoms with Crippen LogP contribution in [0.3, 0.4) is 0 Å². The van der Waals surface area contributed by atoms with Crippen LogP contribution in [0.15, 0.2) is 66.0 Å². The molecule has 20 heavy (non-hydrogen) atoms. The maximum Gasteiger partial charge on any atom is 0.196 e. The van der Waals surface area contributed by atoms with Gasteiger partial charge in [0.05, 0.1) is 10.6 Å². The van der Waals surface area contributed by atoms with Crippen LogP contribution in [-0.4, -0.2) is 5.78 Å². The second kappa shape index (κ2) is 5.31. The van der Waals surface area contributed by atoms with E-state index in [4.69, 9.17) is 5.73 Å². The number of benzene rings is 2. The summed E-state index contributed by atoms with van der Waals surface area (Å²) < 4.78 is 0. The summed E-state index contributed by atoms with van der Waals surface area (Å²) in [6, 6.07) is 19.1. The summed E-state index contributed by atoms with van der Waals surface area (Å²) in [5, 5.41) is 2.51. The van der Waals surface area contributed by atoms with Gasteiger partial charge in [-0.3, -0.25) is 4.79 Å². The first-order valence-electron chi connectivity index (χ1n) is 6.29. The van der Waals surface area contributed by atoms with Gasteiger partial charge in [0, 0.05) is 16.5 Å². The van der Waals surface area contributed by atoms with E-state index >= 15 is 0 Å². The lowest BCUT2D eigenvalue weighted by molar-refractivity contribution is 0.104. The van der Waals surface area contributed by atoms with Crippen LogP contribution in [0.2, 0.25) is 0 Å². The van der Waals surface area contributed by atoms with Crippen molar-refractivity contribution in [3.63, 3.8) is 0 Å². The fourth-order valence-corrected chi connectivity index (χ4v) is 2.99. The Hall–Kier alpha value is -2.39. The SMILES string of the molecule is Nc1scc(-c2ccccc2)c1C(=O)c1ccccc1. The van der Waals surface area contributed by atoms with Gasteiger partial charge in [0.15, 0.2) is 5.78 Å². The molecule has 0 saturated carbocycles. The number of hydrogen-bond acceptors (Lipinski definition) is 3. The van der Waals surface area contributed by atoms with Crippen LogP contribution >= 0.6 is 11.3 Å². The number of nitrogens with two attached hydrogens (primary N) is 1. The first-order valence-corrected chi connectivity index (χ1v) is 7.17. The minimum Gasteiger partial charge on any atom is -0.390 e. The third kappa shape index (κ3) is 2.24. The van der Waals surface area contributed by atoms with Gasteiger partial charge in [0.25, 0.3) is 0 Å². The smallest absolute Gasteiger partial charge is 0.196 e. The van der Waals surface area contributed by atoms with Crippen molar-refractivity contribution < 1.29 is 4.79 Å². The van der Waals surface area contributed by atoms with Crippen LogP contribution in [0.25, 0.3) is 11.1 Å². The van der Waals surface area contributed by atoms with Crippen LogP contribution in [0.1, 0.15) is 15.9 Å². The standard InChI is InChI=1S/C17H13NOS/c18-17-15(16(19)13-9-5-2-6-10-13)14(11-20-17)12-7-3-1-4-8-12/h1-11H,18H2. The molecule has 1 heterocycles. The average molecular weight is 279 g/mol. The Morgan fingerprint density at radius 1 is 0.900 bits per heavy atom. The Morgan fingerprint density at radius 3 is 2.15 bits per heavy atom. The molecule has 0 atom stereocenters. The summed E-state index contributed by atoms with van der Waals surface area (Å²) in [5.74, 6) is -0.0248. The van der Waals surface area contributed by atoms with Crippen molar-refractivity contribution in [1.29, 1.82) is 0 Å². The van der Waals surface area contributed by atoms with Gasteiger partial charge in [-0.2, -0.15) is 0 Å². The molecule has 0 spiro atoms. The number of ketones is 1. The minimum atomic E-state index is -0.0248. The summed E-state index contributed by atoms with van der Waals surface area (Å²) in [7, 11) is 0. The molecule has 0 aliphatic heterocycles. The second-order valence-electron chi connectivity index (χ2n) is 4.45. The summed E-state index contributed by atoms with van der Waals surface area (Å²) in [6.07, 6.45) is 0. The second-order valence-corrected chi connectivity index (χ2v) is 5.36. The highest BCUT2D eigenvalue weighted by Crippen LogP contribution is 2.35. The Balaban J connectivity index is 2.11. The van der Waals surface area contributed by atoms with E-state index in [0.717, 1.165) is 11.1 Å². The highest BCUT2D eigenvalue weighted by Gasteiger charge is 2.19. The van der Waals surface area contributed by atoms with Gasteiger partial charge in [-0.15, -0.1) is 11.3 Å². The van der Waals surface area contributed by atoms with E-state index in [1.54, 1.807) is 0 Å². The van der Waals surface area contributed by atoms with E-state index in [2.05, 4.69) is 0 Å². The summed E-state index contributed by atoms with van der Waals surface area (Å²) >= 11 is 1.41. The molecule has 0 unspecified atom stereocenters. The molecule has 0 amide bonds. The van der Waals surface area contributed by atoms with Crippen LogP contribution in [0, 0.1) is 0 Å². The Labute approximate surface area is 121 Å². The van der Waals surface area contributed by atoms with Crippen molar-refractivity contribution in [3.05, 3.63) is 77.2 Å². The molecule has 2 aromatic carbocycles. The molecule has 2 N–H and O–H groups in total. The van der Waals surface area contributed by atoms with Gasteiger partial charge in [0.2, 0.25) is 0 Å². The first-order chi connectivity index (χ1) is 9.77. The van der Waals surface area contributed by atoms with E-state index in [-0.39, 0.29) is 5.78 Å². The number of anilines is 1. The molecule has 0 fully saturated rings. The minimum absolute atomic E-state index is 0.0248. The largest absolute Gasteiger partial charge is 0.390 e. The zero-order valence-corrected chi connectivity index (χ0v) is 11.6. The average Bonchev–Trinajstić information content (AvgIpc) is 2.90. The third-order valence-corrected chi connectivity index (χ3v) is 3.98. The highest BCUT2D eigenvalue weighted by atomic mass is 32.1. The van der Waals surface area contributed by atoms with Gasteiger partial charge in [0.1, 0.15) is 0 Å². The fourth-order valence-electron chi connectivity index (χ4n) is 2.17. The predicted molar refractivity (Wildman–Crippen MR) is 84.0 cm³/mol. The van der Waals surface area contributed by atoms with E-state index in [0.29, 0.717) is 16.1 Å². The molecule has 2 nitrogen and oxygen atoms in total. The maximum absolute atomic E-state index is 12.6. The highest BCUT2D eigenvalue weighted by molar-refractivity contribution is 7.15. The quantitative estimate of drug-likeness (QED) is 0.729. The van der Waals surface area contributed by atoms with Crippen molar-refractivity contribution in [3.8, 4) is 11.1 Å². The van der Waals surface area contributed by atoms with Crippen LogP contribution in [-0.2, 0) is 0 Å². The molecule has 0 bridgehead atoms. The normalized spacial score (nSPS) is 10.4. The molecule has 3 rings (SSSR count). The zero-order valence-electron chi connectivity index (χ0n) is 10.7. The first kappa shape index (κ1) is 12.6. The third-order valence-electron chi connectivity index (χ3n) is 3.17. The Kier molecular flexibility index (Phi) is 3.35. The van der Waals surface area contributed by atoms with Gasteiger partial charge < -0.3 is 5.73 Å². The van der Waals surface area contributed by atoms with Gasteiger partial charge in [-0.05, 0) is 5.56 Å².